The number of hydrogen-bond donors (Lipinski definition) is 1. The van der Waals surface area contributed by atoms with Crippen LogP contribution in [0.5, 0.6) is 0 Å². The molecule has 0 aliphatic heterocycles. The molecule has 0 aliphatic rings. The molecule has 0 spiro atoms. The first-order valence-corrected chi connectivity index (χ1v) is 7.65. The summed E-state index contributed by atoms with van der Waals surface area (Å²) in [7, 11) is 0. The molecule has 18 heavy (non-hydrogen) atoms. The summed E-state index contributed by atoms with van der Waals surface area (Å²) in [6.07, 6.45) is 0. The number of aromatic nitrogens is 1. The highest BCUT2D eigenvalue weighted by molar-refractivity contribution is 9.10. The second-order valence-corrected chi connectivity index (χ2v) is 6.39. The van der Waals surface area contributed by atoms with E-state index in [0.29, 0.717) is 0 Å². The van der Waals surface area contributed by atoms with Crippen LogP contribution in [0, 0.1) is 13.8 Å². The van der Waals surface area contributed by atoms with Crippen LogP contribution in [-0.2, 0) is 0 Å². The maximum atomic E-state index is 4.67. The molecule has 0 amide bonds. The van der Waals surface area contributed by atoms with Gasteiger partial charge in [0, 0.05) is 9.35 Å². The molecule has 2 nitrogen and oxygen atoms in total. The van der Waals surface area contributed by atoms with E-state index < -0.39 is 0 Å². The summed E-state index contributed by atoms with van der Waals surface area (Å²) in [5, 5.41) is 4.66. The number of hydrogen-bond acceptors (Lipinski definition) is 3. The third kappa shape index (κ3) is 2.99. The van der Waals surface area contributed by atoms with Gasteiger partial charge in [0.25, 0.3) is 0 Å². The molecule has 2 rings (SSSR count). The van der Waals surface area contributed by atoms with Crippen LogP contribution in [0.1, 0.15) is 34.1 Å². The van der Waals surface area contributed by atoms with Crippen LogP contribution in [0.2, 0.25) is 0 Å². The van der Waals surface area contributed by atoms with E-state index in [2.05, 4.69) is 71.3 Å². The van der Waals surface area contributed by atoms with Crippen molar-refractivity contribution < 1.29 is 0 Å². The molecule has 4 heteroatoms. The van der Waals surface area contributed by atoms with Crippen LogP contribution in [-0.4, -0.2) is 11.5 Å². The molecule has 2 aromatic rings. The van der Waals surface area contributed by atoms with Crippen molar-refractivity contribution in [3.05, 3.63) is 49.9 Å². The molecule has 0 saturated heterocycles. The van der Waals surface area contributed by atoms with E-state index in [9.17, 15) is 0 Å². The zero-order chi connectivity index (χ0) is 13.1. The third-order valence-corrected chi connectivity index (χ3v) is 4.57. The van der Waals surface area contributed by atoms with Crippen molar-refractivity contribution in [2.45, 2.75) is 26.8 Å². The number of thiazole rings is 1. The average molecular weight is 325 g/mol. The Kier molecular flexibility index (Phi) is 4.54. The molecule has 1 unspecified atom stereocenters. The Hall–Kier alpha value is -0.710. The quantitative estimate of drug-likeness (QED) is 0.910. The second-order valence-electron chi connectivity index (χ2n) is 4.24. The van der Waals surface area contributed by atoms with Gasteiger partial charge < -0.3 is 5.32 Å². The highest BCUT2D eigenvalue weighted by Gasteiger charge is 2.17. The Balaban J connectivity index is 2.36. The lowest BCUT2D eigenvalue weighted by molar-refractivity contribution is 0.626. The maximum absolute atomic E-state index is 4.67. The molecule has 0 bridgehead atoms. The third-order valence-electron chi connectivity index (χ3n) is 2.90. The minimum absolute atomic E-state index is 0.195. The molecular weight excluding hydrogens is 308 g/mol. The molecule has 0 saturated carbocycles. The van der Waals surface area contributed by atoms with E-state index in [1.807, 2.05) is 0 Å². The Morgan fingerprint density at radius 2 is 1.94 bits per heavy atom. The van der Waals surface area contributed by atoms with Crippen LogP contribution in [0.25, 0.3) is 0 Å². The molecule has 1 atom stereocenters. The first kappa shape index (κ1) is 13.7. The van der Waals surface area contributed by atoms with Crippen molar-refractivity contribution in [2.75, 3.05) is 6.54 Å². The molecule has 1 N–H and O–H groups in total. The number of aryl methyl sites for hydroxylation is 2. The summed E-state index contributed by atoms with van der Waals surface area (Å²) in [5.41, 5.74) is 2.39. The Morgan fingerprint density at radius 1 is 1.28 bits per heavy atom. The van der Waals surface area contributed by atoms with Gasteiger partial charge in [-0.05, 0) is 38.1 Å². The minimum Gasteiger partial charge on any atom is -0.305 e. The lowest BCUT2D eigenvalue weighted by atomic mass is 10.1. The predicted molar refractivity (Wildman–Crippen MR) is 81.2 cm³/mol. The zero-order valence-corrected chi connectivity index (χ0v) is 13.2. The number of nitrogens with zero attached hydrogens (tertiary/aromatic N) is 1. The minimum atomic E-state index is 0.195. The summed E-state index contributed by atoms with van der Waals surface area (Å²) < 4.78 is 1.10. The molecule has 1 aromatic carbocycles. The maximum Gasteiger partial charge on any atom is 0.115 e. The van der Waals surface area contributed by atoms with Gasteiger partial charge in [-0.1, -0.05) is 35.0 Å². The molecule has 0 radical (unpaired) electrons. The Labute approximate surface area is 121 Å². The molecule has 0 aliphatic carbocycles. The van der Waals surface area contributed by atoms with Crippen molar-refractivity contribution in [3.63, 3.8) is 0 Å². The van der Waals surface area contributed by atoms with Crippen LogP contribution in [0.4, 0.5) is 0 Å². The van der Waals surface area contributed by atoms with Gasteiger partial charge in [-0.15, -0.1) is 11.3 Å². The normalized spacial score (nSPS) is 12.7. The van der Waals surface area contributed by atoms with Crippen molar-refractivity contribution in [1.82, 2.24) is 10.3 Å². The molecular formula is C14H17BrN2S. The van der Waals surface area contributed by atoms with Crippen molar-refractivity contribution in [3.8, 4) is 0 Å². The van der Waals surface area contributed by atoms with Gasteiger partial charge in [0.05, 0.1) is 11.7 Å². The van der Waals surface area contributed by atoms with Crippen LogP contribution >= 0.6 is 27.3 Å². The van der Waals surface area contributed by atoms with Crippen molar-refractivity contribution in [2.24, 2.45) is 0 Å². The largest absolute Gasteiger partial charge is 0.305 e. The molecule has 96 valence electrons. The lowest BCUT2D eigenvalue weighted by Gasteiger charge is -2.15. The fraction of sp³-hybridized carbons (Fsp3) is 0.357. The smallest absolute Gasteiger partial charge is 0.115 e. The molecule has 1 aromatic heterocycles. The molecule has 1 heterocycles. The number of rotatable bonds is 4. The van der Waals surface area contributed by atoms with Gasteiger partial charge in [0.1, 0.15) is 5.01 Å². The summed E-state index contributed by atoms with van der Waals surface area (Å²) in [6, 6.07) is 8.63. The number of nitrogens with one attached hydrogen (secondary N) is 1. The predicted octanol–water partition coefficient (Wildman–Crippen LogP) is 4.22. The SMILES string of the molecule is CCNC(c1ccc(Br)cc1)c1nc(C)c(C)s1. The van der Waals surface area contributed by atoms with Gasteiger partial charge in [-0.3, -0.25) is 0 Å². The van der Waals surface area contributed by atoms with Gasteiger partial charge in [-0.25, -0.2) is 4.98 Å². The van der Waals surface area contributed by atoms with Gasteiger partial charge >= 0.3 is 0 Å². The van der Waals surface area contributed by atoms with Crippen LogP contribution in [0.3, 0.4) is 0 Å². The van der Waals surface area contributed by atoms with Crippen molar-refractivity contribution >= 4 is 27.3 Å². The summed E-state index contributed by atoms with van der Waals surface area (Å²) in [5.74, 6) is 0. The number of benzene rings is 1. The van der Waals surface area contributed by atoms with Crippen LogP contribution in [0.15, 0.2) is 28.7 Å². The van der Waals surface area contributed by atoms with Crippen molar-refractivity contribution in [1.29, 1.82) is 0 Å². The fourth-order valence-electron chi connectivity index (χ4n) is 1.83. The Bertz CT molecular complexity index is 500. The summed E-state index contributed by atoms with van der Waals surface area (Å²) in [6.45, 7) is 7.25. The van der Waals surface area contributed by atoms with Gasteiger partial charge in [0.15, 0.2) is 0 Å². The number of halogens is 1. The first-order valence-electron chi connectivity index (χ1n) is 6.04. The van der Waals surface area contributed by atoms with Gasteiger partial charge in [0.2, 0.25) is 0 Å². The standard InChI is InChI=1S/C14H17BrN2S/c1-4-16-13(11-5-7-12(15)8-6-11)14-17-9(2)10(3)18-14/h5-8,13,16H,4H2,1-3H3. The summed E-state index contributed by atoms with van der Waals surface area (Å²) >= 11 is 5.25. The molecule has 0 fully saturated rings. The van der Waals surface area contributed by atoms with E-state index in [0.717, 1.165) is 21.7 Å². The van der Waals surface area contributed by atoms with Gasteiger partial charge in [-0.2, -0.15) is 0 Å². The average Bonchev–Trinajstić information content (AvgIpc) is 2.68. The van der Waals surface area contributed by atoms with E-state index in [4.69, 9.17) is 0 Å². The monoisotopic (exact) mass is 324 g/mol. The second kappa shape index (κ2) is 5.95. The zero-order valence-electron chi connectivity index (χ0n) is 10.8. The lowest BCUT2D eigenvalue weighted by Crippen LogP contribution is -2.21. The van der Waals surface area contributed by atoms with Crippen LogP contribution < -0.4 is 5.32 Å². The van der Waals surface area contributed by atoms with E-state index in [1.165, 1.54) is 10.4 Å². The Morgan fingerprint density at radius 3 is 2.44 bits per heavy atom. The van der Waals surface area contributed by atoms with E-state index >= 15 is 0 Å². The van der Waals surface area contributed by atoms with E-state index in [-0.39, 0.29) is 6.04 Å². The fourth-order valence-corrected chi connectivity index (χ4v) is 3.12. The highest BCUT2D eigenvalue weighted by atomic mass is 79.9. The topological polar surface area (TPSA) is 24.9 Å². The van der Waals surface area contributed by atoms with E-state index in [1.54, 1.807) is 11.3 Å². The highest BCUT2D eigenvalue weighted by Crippen LogP contribution is 2.28. The summed E-state index contributed by atoms with van der Waals surface area (Å²) in [4.78, 5) is 5.97. The first-order chi connectivity index (χ1) is 8.61.